The molecule has 15 unspecified atom stereocenters. The molecule has 8 fully saturated rings. The molecule has 0 aliphatic heterocycles. The lowest BCUT2D eigenvalue weighted by molar-refractivity contribution is -0.159. The number of ether oxygens (including phenoxy) is 5. The van der Waals surface area contributed by atoms with E-state index in [0.717, 1.165) is 41.0 Å². The molecule has 0 spiro atoms. The molecule has 602 valence electrons. The summed E-state index contributed by atoms with van der Waals surface area (Å²) in [7, 11) is 2.74. The number of aliphatic hydroxyl groups is 1. The number of benzene rings is 8. The van der Waals surface area contributed by atoms with Gasteiger partial charge in [0.1, 0.15) is 23.0 Å². The first kappa shape index (κ1) is 82.9. The molecule has 0 saturated heterocycles. The summed E-state index contributed by atoms with van der Waals surface area (Å²) >= 11 is 9.50. The van der Waals surface area contributed by atoms with Gasteiger partial charge in [-0.25, -0.2) is 9.59 Å². The first-order valence-corrected chi connectivity index (χ1v) is 45.8. The fraction of sp³-hybridized carbons (Fsp3) is 0.356. The number of hydrogen-bond donors (Lipinski definition) is 2. The van der Waals surface area contributed by atoms with Crippen LogP contribution >= 0.6 is 90.4 Å². The maximum Gasteiger partial charge on any atom is 0.356 e. The van der Waals surface area contributed by atoms with Gasteiger partial charge in [0.2, 0.25) is 11.7 Å². The van der Waals surface area contributed by atoms with Gasteiger partial charge in [-0.15, -0.1) is 0 Å². The van der Waals surface area contributed by atoms with Gasteiger partial charge < -0.3 is 33.9 Å². The second-order valence-corrected chi connectivity index (χ2v) is 39.2. The van der Waals surface area contributed by atoms with Crippen LogP contribution < -0.4 is 14.2 Å². The number of hydrogen-bond acceptors (Lipinski definition) is 12. The molecule has 16 heteroatoms. The monoisotopic (exact) mass is 2010 g/mol. The highest BCUT2D eigenvalue weighted by Gasteiger charge is 2.57. The molecule has 0 radical (unpaired) electrons. The number of aromatic nitrogens is 3. The van der Waals surface area contributed by atoms with Gasteiger partial charge in [-0.3, -0.25) is 15.0 Å². The zero-order valence-corrected chi connectivity index (χ0v) is 75.4. The molecule has 117 heavy (non-hydrogen) atoms. The van der Waals surface area contributed by atoms with Crippen LogP contribution in [0.3, 0.4) is 0 Å². The molecule has 0 amide bonds. The number of phenolic OH excluding ortho intramolecular Hbond substituents is 1. The van der Waals surface area contributed by atoms with E-state index < -0.39 is 29.2 Å². The Morgan fingerprint density at radius 2 is 0.709 bits per heavy atom. The van der Waals surface area contributed by atoms with Crippen molar-refractivity contribution >= 4 is 102 Å². The van der Waals surface area contributed by atoms with Gasteiger partial charge in [-0.05, 0) is 407 Å². The topological polar surface area (TPSA) is 159 Å². The lowest BCUT2D eigenvalue weighted by Crippen LogP contribution is -2.40. The zero-order chi connectivity index (χ0) is 81.1. The lowest BCUT2D eigenvalue weighted by Gasteiger charge is -2.39. The fourth-order valence-electron chi connectivity index (χ4n) is 22.4. The Balaban J connectivity index is 0.000000118. The Morgan fingerprint density at radius 3 is 1.00 bits per heavy atom. The number of rotatable bonds is 20. The fourth-order valence-corrected chi connectivity index (χ4v) is 23.9. The van der Waals surface area contributed by atoms with Crippen LogP contribution in [0.25, 0.3) is 0 Å². The smallest absolute Gasteiger partial charge is 0.356 e. The summed E-state index contributed by atoms with van der Waals surface area (Å²) in [5.41, 5.74) is 11.2. The average Bonchev–Trinajstić information content (AvgIpc) is 1.60. The summed E-state index contributed by atoms with van der Waals surface area (Å²) < 4.78 is 33.7. The van der Waals surface area contributed by atoms with E-state index in [-0.39, 0.29) is 28.3 Å². The Kier molecular flexibility index (Phi) is 25.2. The maximum absolute atomic E-state index is 12.7. The summed E-state index contributed by atoms with van der Waals surface area (Å²) in [4.78, 5) is 38.1. The molecule has 8 saturated carbocycles. The third-order valence-corrected chi connectivity index (χ3v) is 30.7. The first-order valence-electron chi connectivity index (χ1n) is 41.5. The van der Waals surface area contributed by atoms with Gasteiger partial charge in [0, 0.05) is 54.5 Å². The summed E-state index contributed by atoms with van der Waals surface area (Å²) in [5, 5.41) is 19.7. The van der Waals surface area contributed by atoms with E-state index in [4.69, 9.17) is 23.7 Å². The quantitative estimate of drug-likeness (QED) is 0.0550. The number of aliphatic hydroxyl groups excluding tert-OH is 1. The van der Waals surface area contributed by atoms with Crippen molar-refractivity contribution in [3.8, 4) is 23.0 Å². The SMILES string of the molecule is CC(CO)(Oc1ccc(C2(c3ccc(I)cc3)CC3CCC2C3)cc1)c1ccccn1.COC(=O)C(C)(Oc1ccc(C2(c3ccc(I)cc3)CC3CCC2C3)cc1)c1ccccn1.COC(=O)C(Oc1ccc(C2(c3ccc(I)cc3)CC3CCC2C3)cc1)c1ccccn1.Oc1ccc(C2(c3ccc(I)cc3)CC3CCC2C3)cc1. The van der Waals surface area contributed by atoms with E-state index in [9.17, 15) is 19.8 Å². The molecule has 15 atom stereocenters. The van der Waals surface area contributed by atoms with Crippen LogP contribution in [-0.4, -0.2) is 57.9 Å². The number of pyridine rings is 3. The molecular weight excluding hydrogens is 1910 g/mol. The van der Waals surface area contributed by atoms with Crippen molar-refractivity contribution in [2.24, 2.45) is 47.3 Å². The first-order chi connectivity index (χ1) is 56.8. The molecule has 8 aliphatic carbocycles. The predicted octanol–water partition coefficient (Wildman–Crippen LogP) is 23.5. The predicted molar refractivity (Wildman–Crippen MR) is 492 cm³/mol. The maximum atomic E-state index is 12.7. The van der Waals surface area contributed by atoms with Crippen LogP contribution in [0, 0.1) is 61.6 Å². The van der Waals surface area contributed by atoms with E-state index in [0.29, 0.717) is 46.4 Å². The molecule has 11 aromatic rings. The highest BCUT2D eigenvalue weighted by Crippen LogP contribution is 2.64. The van der Waals surface area contributed by atoms with Crippen LogP contribution in [0.5, 0.6) is 23.0 Å². The number of fused-ring (bicyclic) bond motifs is 8. The Bertz CT molecular complexity index is 5150. The van der Waals surface area contributed by atoms with E-state index in [2.05, 4.69) is 263 Å². The number of esters is 2. The third kappa shape index (κ3) is 16.6. The number of phenols is 1. The zero-order valence-electron chi connectivity index (χ0n) is 66.7. The summed E-state index contributed by atoms with van der Waals surface area (Å²) in [6.45, 7) is 3.45. The van der Waals surface area contributed by atoms with Gasteiger partial charge >= 0.3 is 11.9 Å². The second-order valence-electron chi connectivity index (χ2n) is 34.2. The van der Waals surface area contributed by atoms with E-state index in [1.165, 1.54) is 176 Å². The molecule has 8 aromatic carbocycles. The average molecular weight is 2010 g/mol. The van der Waals surface area contributed by atoms with Crippen molar-refractivity contribution in [2.75, 3.05) is 20.8 Å². The van der Waals surface area contributed by atoms with Crippen molar-refractivity contribution in [1.29, 1.82) is 0 Å². The lowest BCUT2D eigenvalue weighted by atomic mass is 9.64. The highest BCUT2D eigenvalue weighted by atomic mass is 127. The third-order valence-electron chi connectivity index (χ3n) is 27.9. The van der Waals surface area contributed by atoms with E-state index in [1.54, 1.807) is 37.6 Å². The number of methoxy groups -OCH3 is 2. The number of halogens is 4. The second kappa shape index (κ2) is 35.5. The van der Waals surface area contributed by atoms with Crippen molar-refractivity contribution < 1.29 is 43.5 Å². The Hall–Kier alpha value is -7.77. The van der Waals surface area contributed by atoms with Crippen LogP contribution in [0.15, 0.2) is 267 Å². The van der Waals surface area contributed by atoms with E-state index >= 15 is 0 Å². The van der Waals surface area contributed by atoms with Gasteiger partial charge in [-0.2, -0.15) is 0 Å². The van der Waals surface area contributed by atoms with Crippen molar-refractivity contribution in [3.63, 3.8) is 0 Å². The van der Waals surface area contributed by atoms with Crippen molar-refractivity contribution in [3.05, 3.63) is 343 Å². The number of nitrogens with zero attached hydrogens (tertiary/aromatic N) is 3. The van der Waals surface area contributed by atoms with Gasteiger partial charge in [0.25, 0.3) is 0 Å². The molecule has 3 heterocycles. The largest absolute Gasteiger partial charge is 0.508 e. The minimum atomic E-state index is -1.32. The number of carbonyl (C=O) groups is 2. The Labute approximate surface area is 743 Å². The molecule has 2 N–H and O–H groups in total. The van der Waals surface area contributed by atoms with Crippen molar-refractivity contribution in [2.45, 2.75) is 156 Å². The molecule has 3 aromatic heterocycles. The summed E-state index contributed by atoms with van der Waals surface area (Å²) in [6, 6.07) is 86.1. The van der Waals surface area contributed by atoms with Crippen LogP contribution in [0.4, 0.5) is 0 Å². The van der Waals surface area contributed by atoms with Crippen LogP contribution in [0.2, 0.25) is 0 Å². The number of aromatic hydroxyl groups is 1. The van der Waals surface area contributed by atoms with Crippen LogP contribution in [0.1, 0.15) is 184 Å². The molecule has 8 bridgehead atoms. The normalized spacial score (nSPS) is 26.5. The number of carbonyl (C=O) groups excluding carboxylic acids is 2. The summed E-state index contributed by atoms with van der Waals surface area (Å²) in [5.74, 6) is 7.57. The van der Waals surface area contributed by atoms with E-state index in [1.807, 2.05) is 85.8 Å². The van der Waals surface area contributed by atoms with Crippen molar-refractivity contribution in [1.82, 2.24) is 15.0 Å². The molecular formula is C101H101I4N3O9. The summed E-state index contributed by atoms with van der Waals surface area (Å²) in [6.07, 6.45) is 25.1. The molecule has 12 nitrogen and oxygen atoms in total. The highest BCUT2D eigenvalue weighted by molar-refractivity contribution is 14.1. The van der Waals surface area contributed by atoms with Gasteiger partial charge in [-0.1, -0.05) is 141 Å². The standard InChI is InChI=1S/C28H28INO3.C27H26INO3.C27H28INO2.C19H19IO/c1-27(26(31)32-2,25-5-3-4-16-30-25)33-24-14-10-21(11-15-24)28(18-19-6-7-22(28)17-19)20-8-12-23(29)13-9-20;1-31-26(30)25(24-4-2-3-15-29-24)32-23-13-9-20(10-14-23)27(17-18-5-6-21(27)16-18)19-7-11-22(28)12-8-19;1-26(18-30,25-4-2-3-15-29-25)31-24-13-9-21(10-14-24)27(17-19-5-6-22(27)16-19)20-7-11-23(28)12-8-20;20-17-7-3-14(4-8-17)19(12-13-1-2-16(19)11-13)15-5-9-18(21)10-6-15/h3-5,8-16,19,22H,6-7,17-18H2,1-2H3;2-4,7-15,18,21,25H,5-6,16-17H2,1H3;2-4,7-15,19,22,30H,5-6,16-18H2,1H3;3-10,13,16,21H,1-2,11-12H2. The van der Waals surface area contributed by atoms with Gasteiger partial charge in [0.15, 0.2) is 5.60 Å². The Morgan fingerprint density at radius 1 is 0.393 bits per heavy atom. The minimum absolute atomic E-state index is 0.0540. The van der Waals surface area contributed by atoms with Gasteiger partial charge in [0.05, 0.1) is 37.9 Å². The minimum Gasteiger partial charge on any atom is -0.508 e. The molecule has 8 aliphatic rings. The van der Waals surface area contributed by atoms with Crippen LogP contribution in [-0.2, 0) is 51.9 Å². The molecule has 19 rings (SSSR count).